The molecule has 110 valence electrons. The Hall–Kier alpha value is -0.510. The lowest BCUT2D eigenvalue weighted by Crippen LogP contribution is -2.51. The van der Waals surface area contributed by atoms with Gasteiger partial charge in [-0.15, -0.1) is 0 Å². The molecular formula is C17H24O2S. The Balaban J connectivity index is 1.85. The molecular weight excluding hydrogens is 268 g/mol. The molecule has 20 heavy (non-hydrogen) atoms. The van der Waals surface area contributed by atoms with Crippen molar-refractivity contribution < 1.29 is 9.84 Å². The van der Waals surface area contributed by atoms with Crippen LogP contribution in [-0.2, 0) is 11.2 Å². The van der Waals surface area contributed by atoms with E-state index < -0.39 is 5.60 Å². The summed E-state index contributed by atoms with van der Waals surface area (Å²) in [5.74, 6) is 1.97. The number of thioether (sulfide) groups is 1. The Morgan fingerprint density at radius 2 is 2.15 bits per heavy atom. The predicted molar refractivity (Wildman–Crippen MR) is 84.1 cm³/mol. The molecule has 0 saturated carbocycles. The Labute approximate surface area is 125 Å². The van der Waals surface area contributed by atoms with Crippen LogP contribution in [0.4, 0.5) is 0 Å². The first-order chi connectivity index (χ1) is 9.52. The lowest BCUT2D eigenvalue weighted by Gasteiger charge is -2.48. The standard InChI is InChI=1S/C17H24O2S/c1-16(2)8-10-20-12-17(16,18)11-15-14-6-4-3-5-13(14)7-9-19-15/h3-6,15,18H,7-12H2,1-2H3. The maximum Gasteiger partial charge on any atom is 0.0855 e. The predicted octanol–water partition coefficient (Wildman–Crippen LogP) is 3.58. The summed E-state index contributed by atoms with van der Waals surface area (Å²) in [6.07, 6.45) is 2.82. The van der Waals surface area contributed by atoms with Gasteiger partial charge in [-0.3, -0.25) is 0 Å². The zero-order valence-corrected chi connectivity index (χ0v) is 13.2. The number of ether oxygens (including phenoxy) is 1. The van der Waals surface area contributed by atoms with Gasteiger partial charge in [0.1, 0.15) is 0 Å². The molecule has 0 spiro atoms. The molecule has 2 aliphatic rings. The third kappa shape index (κ3) is 2.51. The fourth-order valence-corrected chi connectivity index (χ4v) is 4.93. The zero-order valence-electron chi connectivity index (χ0n) is 12.4. The van der Waals surface area contributed by atoms with Gasteiger partial charge in [-0.05, 0) is 35.1 Å². The SMILES string of the molecule is CC1(C)CCSCC1(O)CC1OCCc2ccccc21. The van der Waals surface area contributed by atoms with Gasteiger partial charge >= 0.3 is 0 Å². The van der Waals surface area contributed by atoms with Crippen LogP contribution in [0.3, 0.4) is 0 Å². The van der Waals surface area contributed by atoms with Crippen LogP contribution in [0.2, 0.25) is 0 Å². The molecule has 2 nitrogen and oxygen atoms in total. The first-order valence-electron chi connectivity index (χ1n) is 7.51. The van der Waals surface area contributed by atoms with Crippen molar-refractivity contribution in [1.82, 2.24) is 0 Å². The average molecular weight is 292 g/mol. The van der Waals surface area contributed by atoms with Crippen LogP contribution in [0.25, 0.3) is 0 Å². The fourth-order valence-electron chi connectivity index (χ4n) is 3.28. The second kappa shape index (κ2) is 5.36. The van der Waals surface area contributed by atoms with Crippen LogP contribution < -0.4 is 0 Å². The average Bonchev–Trinajstić information content (AvgIpc) is 2.43. The molecule has 3 heteroatoms. The van der Waals surface area contributed by atoms with E-state index >= 15 is 0 Å². The van der Waals surface area contributed by atoms with Gasteiger partial charge in [0, 0.05) is 12.2 Å². The van der Waals surface area contributed by atoms with E-state index in [1.54, 1.807) is 0 Å². The largest absolute Gasteiger partial charge is 0.388 e. The molecule has 0 amide bonds. The van der Waals surface area contributed by atoms with Crippen molar-refractivity contribution in [3.8, 4) is 0 Å². The maximum atomic E-state index is 11.2. The van der Waals surface area contributed by atoms with Crippen LogP contribution >= 0.6 is 11.8 Å². The number of hydrogen-bond donors (Lipinski definition) is 1. The third-order valence-corrected chi connectivity index (χ3v) is 6.26. The molecule has 2 heterocycles. The summed E-state index contributed by atoms with van der Waals surface area (Å²) in [7, 11) is 0. The van der Waals surface area contributed by atoms with E-state index in [2.05, 4.69) is 38.1 Å². The van der Waals surface area contributed by atoms with Crippen molar-refractivity contribution in [2.75, 3.05) is 18.1 Å². The van der Waals surface area contributed by atoms with Crippen molar-refractivity contribution in [2.45, 2.75) is 44.8 Å². The van der Waals surface area contributed by atoms with E-state index in [9.17, 15) is 5.11 Å². The highest BCUT2D eigenvalue weighted by atomic mass is 32.2. The monoisotopic (exact) mass is 292 g/mol. The fraction of sp³-hybridized carbons (Fsp3) is 0.647. The summed E-state index contributed by atoms with van der Waals surface area (Å²) in [5.41, 5.74) is 1.99. The third-order valence-electron chi connectivity index (χ3n) is 5.09. The summed E-state index contributed by atoms with van der Waals surface area (Å²) < 4.78 is 6.00. The first-order valence-corrected chi connectivity index (χ1v) is 8.67. The van der Waals surface area contributed by atoms with E-state index in [0.29, 0.717) is 6.42 Å². The van der Waals surface area contributed by atoms with Crippen LogP contribution in [0, 0.1) is 5.41 Å². The van der Waals surface area contributed by atoms with Crippen LogP contribution in [0.1, 0.15) is 43.9 Å². The van der Waals surface area contributed by atoms with Crippen molar-refractivity contribution in [1.29, 1.82) is 0 Å². The summed E-state index contributed by atoms with van der Waals surface area (Å²) in [5, 5.41) is 11.2. The van der Waals surface area contributed by atoms with E-state index in [1.165, 1.54) is 11.1 Å². The van der Waals surface area contributed by atoms with E-state index in [1.807, 2.05) is 11.8 Å². The van der Waals surface area contributed by atoms with E-state index in [4.69, 9.17) is 4.74 Å². The summed E-state index contributed by atoms with van der Waals surface area (Å²) in [6, 6.07) is 8.52. The Morgan fingerprint density at radius 3 is 2.95 bits per heavy atom. The van der Waals surface area contributed by atoms with Gasteiger partial charge in [0.15, 0.2) is 0 Å². The number of benzene rings is 1. The molecule has 1 aromatic rings. The number of fused-ring (bicyclic) bond motifs is 1. The first kappa shape index (κ1) is 14.4. The molecule has 2 aliphatic heterocycles. The molecule has 0 aliphatic carbocycles. The van der Waals surface area contributed by atoms with Crippen molar-refractivity contribution in [3.05, 3.63) is 35.4 Å². The van der Waals surface area contributed by atoms with Crippen molar-refractivity contribution in [3.63, 3.8) is 0 Å². The van der Waals surface area contributed by atoms with Gasteiger partial charge in [0.05, 0.1) is 18.3 Å². The molecule has 2 unspecified atom stereocenters. The van der Waals surface area contributed by atoms with Crippen molar-refractivity contribution >= 4 is 11.8 Å². The second-order valence-corrected chi connectivity index (χ2v) is 7.84. The number of hydrogen-bond acceptors (Lipinski definition) is 3. The smallest absolute Gasteiger partial charge is 0.0855 e. The van der Waals surface area contributed by atoms with Gasteiger partial charge in [-0.2, -0.15) is 11.8 Å². The van der Waals surface area contributed by atoms with Gasteiger partial charge in [-0.1, -0.05) is 38.1 Å². The molecule has 0 radical (unpaired) electrons. The normalized spacial score (nSPS) is 32.6. The second-order valence-electron chi connectivity index (χ2n) is 6.73. The van der Waals surface area contributed by atoms with Crippen LogP contribution in [0.5, 0.6) is 0 Å². The maximum absolute atomic E-state index is 11.2. The minimum atomic E-state index is -0.634. The molecule has 0 bridgehead atoms. The van der Waals surface area contributed by atoms with Gasteiger partial charge in [0.2, 0.25) is 0 Å². The van der Waals surface area contributed by atoms with Gasteiger partial charge < -0.3 is 9.84 Å². The summed E-state index contributed by atoms with van der Waals surface area (Å²) in [6.45, 7) is 5.16. The number of aliphatic hydroxyl groups is 1. The molecule has 1 aromatic carbocycles. The highest BCUT2D eigenvalue weighted by Gasteiger charge is 2.47. The summed E-state index contributed by atoms with van der Waals surface area (Å²) >= 11 is 1.87. The molecule has 1 N–H and O–H groups in total. The van der Waals surface area contributed by atoms with Crippen LogP contribution in [0.15, 0.2) is 24.3 Å². The molecule has 1 fully saturated rings. The Kier molecular flexibility index (Phi) is 3.87. The Morgan fingerprint density at radius 1 is 1.35 bits per heavy atom. The lowest BCUT2D eigenvalue weighted by molar-refractivity contribution is -0.0991. The number of rotatable bonds is 2. The Bertz CT molecular complexity index is 486. The minimum Gasteiger partial charge on any atom is -0.388 e. The highest BCUT2D eigenvalue weighted by molar-refractivity contribution is 7.99. The van der Waals surface area contributed by atoms with Crippen LogP contribution in [-0.4, -0.2) is 28.8 Å². The van der Waals surface area contributed by atoms with E-state index in [-0.39, 0.29) is 11.5 Å². The topological polar surface area (TPSA) is 29.5 Å². The van der Waals surface area contributed by atoms with Gasteiger partial charge in [0.25, 0.3) is 0 Å². The van der Waals surface area contributed by atoms with E-state index in [0.717, 1.165) is 31.0 Å². The minimum absolute atomic E-state index is 0.0337. The summed E-state index contributed by atoms with van der Waals surface area (Å²) in [4.78, 5) is 0. The molecule has 2 atom stereocenters. The van der Waals surface area contributed by atoms with Crippen molar-refractivity contribution in [2.24, 2.45) is 5.41 Å². The lowest BCUT2D eigenvalue weighted by atomic mass is 9.70. The van der Waals surface area contributed by atoms with Gasteiger partial charge in [-0.25, -0.2) is 0 Å². The quantitative estimate of drug-likeness (QED) is 0.903. The molecule has 0 aromatic heterocycles. The molecule has 3 rings (SSSR count). The molecule has 1 saturated heterocycles. The zero-order chi connectivity index (χ0) is 14.2. The highest BCUT2D eigenvalue weighted by Crippen LogP contribution is 2.47.